The largest absolute Gasteiger partial charge is 0.341 e. The third-order valence-electron chi connectivity index (χ3n) is 3.16. The number of carbonyl (C=O) groups is 1. The second-order valence-electron chi connectivity index (χ2n) is 4.70. The fourth-order valence-electron chi connectivity index (χ4n) is 1.98. The standard InChI is InChI=1S/C16H17FN2O/c1-19(12-13-8-10-18-11-9-13)16(20)7-6-14-4-2-3-5-15(14)17/h2-5,8-11H,6-7,12H2,1H3. The maximum absolute atomic E-state index is 13.5. The molecule has 0 fully saturated rings. The van der Waals surface area contributed by atoms with Crippen molar-refractivity contribution >= 4 is 5.91 Å². The molecule has 0 aliphatic heterocycles. The van der Waals surface area contributed by atoms with Gasteiger partial charge in [0, 0.05) is 32.4 Å². The number of halogens is 1. The van der Waals surface area contributed by atoms with Crippen LogP contribution in [-0.4, -0.2) is 22.8 Å². The summed E-state index contributed by atoms with van der Waals surface area (Å²) in [4.78, 5) is 17.6. The zero-order valence-electron chi connectivity index (χ0n) is 11.4. The minimum absolute atomic E-state index is 0.00469. The van der Waals surface area contributed by atoms with Crippen molar-refractivity contribution in [3.05, 3.63) is 65.7 Å². The Morgan fingerprint density at radius 2 is 1.90 bits per heavy atom. The number of rotatable bonds is 5. The van der Waals surface area contributed by atoms with Crippen LogP contribution < -0.4 is 0 Å². The zero-order chi connectivity index (χ0) is 14.4. The van der Waals surface area contributed by atoms with Crippen LogP contribution in [-0.2, 0) is 17.8 Å². The molecule has 1 heterocycles. The Morgan fingerprint density at radius 1 is 1.20 bits per heavy atom. The number of carbonyl (C=O) groups excluding carboxylic acids is 1. The molecule has 0 bridgehead atoms. The molecule has 0 radical (unpaired) electrons. The van der Waals surface area contributed by atoms with Crippen LogP contribution in [0.4, 0.5) is 4.39 Å². The van der Waals surface area contributed by atoms with Crippen LogP contribution in [0.5, 0.6) is 0 Å². The number of pyridine rings is 1. The fourth-order valence-corrected chi connectivity index (χ4v) is 1.98. The Bertz CT molecular complexity index is 572. The fraction of sp³-hybridized carbons (Fsp3) is 0.250. The van der Waals surface area contributed by atoms with Gasteiger partial charge in [0.2, 0.25) is 5.91 Å². The van der Waals surface area contributed by atoms with E-state index in [0.29, 0.717) is 24.9 Å². The van der Waals surface area contributed by atoms with Crippen LogP contribution in [0.1, 0.15) is 17.5 Å². The number of aromatic nitrogens is 1. The molecule has 1 aromatic carbocycles. The molecule has 2 rings (SSSR count). The van der Waals surface area contributed by atoms with E-state index >= 15 is 0 Å². The molecular weight excluding hydrogens is 255 g/mol. The van der Waals surface area contributed by atoms with Gasteiger partial charge in [0.15, 0.2) is 0 Å². The first-order chi connectivity index (χ1) is 9.66. The first-order valence-electron chi connectivity index (χ1n) is 6.53. The molecule has 2 aromatic rings. The maximum atomic E-state index is 13.5. The van der Waals surface area contributed by atoms with E-state index in [1.807, 2.05) is 12.1 Å². The molecule has 0 saturated heterocycles. The average Bonchev–Trinajstić information content (AvgIpc) is 2.47. The average molecular weight is 272 g/mol. The monoisotopic (exact) mass is 272 g/mol. The molecule has 0 unspecified atom stereocenters. The van der Waals surface area contributed by atoms with E-state index in [1.54, 1.807) is 42.5 Å². The molecule has 1 aromatic heterocycles. The zero-order valence-corrected chi connectivity index (χ0v) is 11.4. The van der Waals surface area contributed by atoms with Gasteiger partial charge < -0.3 is 4.90 Å². The number of hydrogen-bond acceptors (Lipinski definition) is 2. The van der Waals surface area contributed by atoms with E-state index in [4.69, 9.17) is 0 Å². The van der Waals surface area contributed by atoms with Gasteiger partial charge in [-0.1, -0.05) is 18.2 Å². The smallest absolute Gasteiger partial charge is 0.222 e. The van der Waals surface area contributed by atoms with E-state index in [2.05, 4.69) is 4.98 Å². The van der Waals surface area contributed by atoms with Gasteiger partial charge in [-0.2, -0.15) is 0 Å². The number of hydrogen-bond donors (Lipinski definition) is 0. The minimum atomic E-state index is -0.253. The van der Waals surface area contributed by atoms with Crippen LogP contribution in [0, 0.1) is 5.82 Å². The van der Waals surface area contributed by atoms with Crippen LogP contribution in [0.25, 0.3) is 0 Å². The van der Waals surface area contributed by atoms with Gasteiger partial charge in [0.25, 0.3) is 0 Å². The van der Waals surface area contributed by atoms with Crippen molar-refractivity contribution in [1.82, 2.24) is 9.88 Å². The molecule has 20 heavy (non-hydrogen) atoms. The summed E-state index contributed by atoms with van der Waals surface area (Å²) in [6.07, 6.45) is 4.13. The number of amides is 1. The lowest BCUT2D eigenvalue weighted by molar-refractivity contribution is -0.130. The third kappa shape index (κ3) is 3.88. The Kier molecular flexibility index (Phi) is 4.82. The second-order valence-corrected chi connectivity index (χ2v) is 4.70. The van der Waals surface area contributed by atoms with Gasteiger partial charge in [-0.25, -0.2) is 4.39 Å². The molecule has 0 N–H and O–H groups in total. The molecular formula is C16H17FN2O. The van der Waals surface area contributed by atoms with Gasteiger partial charge in [-0.15, -0.1) is 0 Å². The topological polar surface area (TPSA) is 33.2 Å². The number of benzene rings is 1. The van der Waals surface area contributed by atoms with Crippen molar-refractivity contribution < 1.29 is 9.18 Å². The predicted molar refractivity (Wildman–Crippen MR) is 75.4 cm³/mol. The Morgan fingerprint density at radius 3 is 2.60 bits per heavy atom. The van der Waals surface area contributed by atoms with Crippen molar-refractivity contribution in [3.8, 4) is 0 Å². The number of aryl methyl sites for hydroxylation is 1. The van der Waals surface area contributed by atoms with E-state index in [9.17, 15) is 9.18 Å². The summed E-state index contributed by atoms with van der Waals surface area (Å²) in [5.74, 6) is -0.248. The summed E-state index contributed by atoms with van der Waals surface area (Å²) < 4.78 is 13.5. The highest BCUT2D eigenvalue weighted by molar-refractivity contribution is 5.76. The molecule has 0 aliphatic carbocycles. The summed E-state index contributed by atoms with van der Waals surface area (Å²) in [6.45, 7) is 0.540. The molecule has 1 amide bonds. The van der Waals surface area contributed by atoms with Crippen LogP contribution >= 0.6 is 0 Å². The Balaban J connectivity index is 1.87. The highest BCUT2D eigenvalue weighted by atomic mass is 19.1. The lowest BCUT2D eigenvalue weighted by Gasteiger charge is -2.17. The molecule has 0 atom stereocenters. The molecule has 3 nitrogen and oxygen atoms in total. The molecule has 104 valence electrons. The van der Waals surface area contributed by atoms with Crippen molar-refractivity contribution in [3.63, 3.8) is 0 Å². The molecule has 0 aliphatic rings. The lowest BCUT2D eigenvalue weighted by atomic mass is 10.1. The maximum Gasteiger partial charge on any atom is 0.222 e. The van der Waals surface area contributed by atoms with Gasteiger partial charge in [0.1, 0.15) is 5.82 Å². The lowest BCUT2D eigenvalue weighted by Crippen LogP contribution is -2.26. The Labute approximate surface area is 118 Å². The highest BCUT2D eigenvalue weighted by Gasteiger charge is 2.10. The summed E-state index contributed by atoms with van der Waals surface area (Å²) in [6, 6.07) is 10.3. The van der Waals surface area contributed by atoms with E-state index in [-0.39, 0.29) is 11.7 Å². The van der Waals surface area contributed by atoms with Crippen molar-refractivity contribution in [2.24, 2.45) is 0 Å². The van der Waals surface area contributed by atoms with E-state index < -0.39 is 0 Å². The predicted octanol–water partition coefficient (Wildman–Crippen LogP) is 2.81. The summed E-state index contributed by atoms with van der Waals surface area (Å²) >= 11 is 0. The second kappa shape index (κ2) is 6.80. The summed E-state index contributed by atoms with van der Waals surface area (Å²) in [5, 5.41) is 0. The molecule has 4 heteroatoms. The van der Waals surface area contributed by atoms with Crippen molar-refractivity contribution in [1.29, 1.82) is 0 Å². The van der Waals surface area contributed by atoms with E-state index in [0.717, 1.165) is 5.56 Å². The van der Waals surface area contributed by atoms with Gasteiger partial charge in [-0.05, 0) is 35.7 Å². The minimum Gasteiger partial charge on any atom is -0.341 e. The molecule has 0 saturated carbocycles. The van der Waals surface area contributed by atoms with Crippen LogP contribution in [0.15, 0.2) is 48.8 Å². The first kappa shape index (κ1) is 14.2. The quantitative estimate of drug-likeness (QED) is 0.838. The van der Waals surface area contributed by atoms with Gasteiger partial charge in [0.05, 0.1) is 0 Å². The van der Waals surface area contributed by atoms with Crippen LogP contribution in [0.2, 0.25) is 0 Å². The summed E-state index contributed by atoms with van der Waals surface area (Å²) in [5.41, 5.74) is 1.61. The third-order valence-corrected chi connectivity index (χ3v) is 3.16. The Hall–Kier alpha value is -2.23. The first-order valence-corrected chi connectivity index (χ1v) is 6.53. The SMILES string of the molecule is CN(Cc1ccncc1)C(=O)CCc1ccccc1F. The van der Waals surface area contributed by atoms with E-state index in [1.165, 1.54) is 6.07 Å². The van der Waals surface area contributed by atoms with Crippen molar-refractivity contribution in [2.75, 3.05) is 7.05 Å². The summed E-state index contributed by atoms with van der Waals surface area (Å²) in [7, 11) is 1.75. The molecule has 0 spiro atoms. The van der Waals surface area contributed by atoms with Crippen LogP contribution in [0.3, 0.4) is 0 Å². The van der Waals surface area contributed by atoms with Gasteiger partial charge in [-0.3, -0.25) is 9.78 Å². The number of nitrogens with zero attached hydrogens (tertiary/aromatic N) is 2. The normalized spacial score (nSPS) is 10.3. The highest BCUT2D eigenvalue weighted by Crippen LogP contribution is 2.10. The van der Waals surface area contributed by atoms with Gasteiger partial charge >= 0.3 is 0 Å². The van der Waals surface area contributed by atoms with Crippen molar-refractivity contribution in [2.45, 2.75) is 19.4 Å².